The first-order chi connectivity index (χ1) is 11.6. The van der Waals surface area contributed by atoms with Gasteiger partial charge in [-0.25, -0.2) is 4.98 Å². The second-order valence-electron chi connectivity index (χ2n) is 4.57. The van der Waals surface area contributed by atoms with Gasteiger partial charge in [0.2, 0.25) is 5.91 Å². The minimum absolute atomic E-state index is 0.121. The van der Waals surface area contributed by atoms with Gasteiger partial charge < -0.3 is 20.4 Å². The molecule has 3 N–H and O–H groups in total. The summed E-state index contributed by atoms with van der Waals surface area (Å²) in [5, 5.41) is 17.0. The molecule has 2 amide bonds. The number of anilines is 1. The second-order valence-corrected chi connectivity index (χ2v) is 5.36. The molecule has 2 heterocycles. The fourth-order valence-corrected chi connectivity index (χ4v) is 2.07. The third-order valence-corrected chi connectivity index (χ3v) is 3.30. The number of aromatic nitrogens is 1. The lowest BCUT2D eigenvalue weighted by atomic mass is 10.3. The molecular formula is C15H14BrN5O3. The highest BCUT2D eigenvalue weighted by molar-refractivity contribution is 9.10. The van der Waals surface area contributed by atoms with E-state index in [1.807, 2.05) is 6.07 Å². The van der Waals surface area contributed by atoms with Gasteiger partial charge in [-0.3, -0.25) is 9.59 Å². The fraction of sp³-hybridized carbons (Fsp3) is 0.200. The Hall–Kier alpha value is -2.86. The third-order valence-electron chi connectivity index (χ3n) is 2.87. The summed E-state index contributed by atoms with van der Waals surface area (Å²) in [6.07, 6.45) is 1.57. The zero-order valence-corrected chi connectivity index (χ0v) is 14.1. The van der Waals surface area contributed by atoms with E-state index >= 15 is 0 Å². The van der Waals surface area contributed by atoms with E-state index in [2.05, 4.69) is 36.9 Å². The quantitative estimate of drug-likeness (QED) is 0.611. The van der Waals surface area contributed by atoms with Crippen LogP contribution in [0.4, 0.5) is 5.82 Å². The highest BCUT2D eigenvalue weighted by atomic mass is 79.9. The van der Waals surface area contributed by atoms with Gasteiger partial charge >= 0.3 is 0 Å². The fourth-order valence-electron chi connectivity index (χ4n) is 1.77. The van der Waals surface area contributed by atoms with E-state index in [4.69, 9.17) is 9.68 Å². The van der Waals surface area contributed by atoms with Gasteiger partial charge in [-0.2, -0.15) is 5.26 Å². The van der Waals surface area contributed by atoms with Crippen molar-refractivity contribution in [1.82, 2.24) is 15.6 Å². The van der Waals surface area contributed by atoms with Crippen molar-refractivity contribution in [2.45, 2.75) is 0 Å². The number of carbonyl (C=O) groups is 2. The van der Waals surface area contributed by atoms with Gasteiger partial charge in [-0.05, 0) is 40.2 Å². The van der Waals surface area contributed by atoms with E-state index < -0.39 is 5.91 Å². The summed E-state index contributed by atoms with van der Waals surface area (Å²) in [4.78, 5) is 27.4. The minimum Gasteiger partial charge on any atom is -0.444 e. The van der Waals surface area contributed by atoms with Crippen molar-refractivity contribution in [1.29, 1.82) is 5.26 Å². The highest BCUT2D eigenvalue weighted by Crippen LogP contribution is 2.13. The molecule has 2 aromatic rings. The maximum Gasteiger partial charge on any atom is 0.287 e. The Bertz CT molecular complexity index is 768. The molecule has 0 bridgehead atoms. The normalized spacial score (nSPS) is 9.83. The van der Waals surface area contributed by atoms with Gasteiger partial charge in [-0.15, -0.1) is 0 Å². The Morgan fingerprint density at radius 3 is 2.79 bits per heavy atom. The highest BCUT2D eigenvalue weighted by Gasteiger charge is 2.11. The molecule has 0 fully saturated rings. The van der Waals surface area contributed by atoms with Crippen LogP contribution in [0.1, 0.15) is 16.1 Å². The predicted octanol–water partition coefficient (Wildman–Crippen LogP) is 1.27. The molecule has 0 saturated heterocycles. The van der Waals surface area contributed by atoms with Crippen molar-refractivity contribution < 1.29 is 14.0 Å². The lowest BCUT2D eigenvalue weighted by molar-refractivity contribution is -0.120. The van der Waals surface area contributed by atoms with Crippen LogP contribution in [0.2, 0.25) is 0 Å². The van der Waals surface area contributed by atoms with Gasteiger partial charge in [0, 0.05) is 19.3 Å². The number of rotatable bonds is 7. The first-order valence-corrected chi connectivity index (χ1v) is 7.78. The molecule has 0 aliphatic rings. The minimum atomic E-state index is -0.471. The van der Waals surface area contributed by atoms with Crippen LogP contribution in [0.15, 0.2) is 39.5 Å². The molecule has 2 aromatic heterocycles. The molecule has 9 heteroatoms. The number of carbonyl (C=O) groups excluding carboxylic acids is 2. The molecule has 0 unspecified atom stereocenters. The largest absolute Gasteiger partial charge is 0.444 e. The zero-order chi connectivity index (χ0) is 17.4. The van der Waals surface area contributed by atoms with Crippen LogP contribution in [0, 0.1) is 11.3 Å². The van der Waals surface area contributed by atoms with E-state index in [-0.39, 0.29) is 18.2 Å². The lowest BCUT2D eigenvalue weighted by Crippen LogP contribution is -2.38. The summed E-state index contributed by atoms with van der Waals surface area (Å²) in [5.74, 6) is -0.222. The smallest absolute Gasteiger partial charge is 0.287 e. The maximum absolute atomic E-state index is 11.7. The van der Waals surface area contributed by atoms with E-state index in [0.717, 1.165) is 0 Å². The molecule has 2 rings (SSSR count). The van der Waals surface area contributed by atoms with Crippen LogP contribution in [0.5, 0.6) is 0 Å². The number of halogens is 1. The summed E-state index contributed by atoms with van der Waals surface area (Å²) in [5.41, 5.74) is 0.431. The topological polar surface area (TPSA) is 120 Å². The monoisotopic (exact) mass is 391 g/mol. The van der Waals surface area contributed by atoms with E-state index in [1.165, 1.54) is 6.07 Å². The summed E-state index contributed by atoms with van der Waals surface area (Å²) >= 11 is 3.09. The molecule has 0 saturated carbocycles. The summed E-state index contributed by atoms with van der Waals surface area (Å²) in [6.45, 7) is 0.559. The van der Waals surface area contributed by atoms with Crippen molar-refractivity contribution in [3.8, 4) is 6.07 Å². The van der Waals surface area contributed by atoms with Gasteiger partial charge in [0.1, 0.15) is 11.9 Å². The molecule has 124 valence electrons. The molecule has 0 spiro atoms. The van der Waals surface area contributed by atoms with Gasteiger partial charge in [0.15, 0.2) is 10.4 Å². The van der Waals surface area contributed by atoms with Crippen LogP contribution in [-0.4, -0.2) is 36.4 Å². The number of pyridine rings is 1. The summed E-state index contributed by atoms with van der Waals surface area (Å²) < 4.78 is 5.52. The first-order valence-electron chi connectivity index (χ1n) is 6.99. The Morgan fingerprint density at radius 1 is 1.25 bits per heavy atom. The van der Waals surface area contributed by atoms with E-state index in [0.29, 0.717) is 29.1 Å². The summed E-state index contributed by atoms with van der Waals surface area (Å²) in [7, 11) is 0. The molecule has 0 aliphatic carbocycles. The molecule has 0 atom stereocenters. The number of nitrogens with zero attached hydrogens (tertiary/aromatic N) is 2. The SMILES string of the molecule is N#Cc1cccnc1NCCNC(=O)CNC(=O)c1ccc(Br)o1. The first kappa shape index (κ1) is 17.5. The van der Waals surface area contributed by atoms with Crippen molar-refractivity contribution in [3.05, 3.63) is 46.5 Å². The molecule has 24 heavy (non-hydrogen) atoms. The van der Waals surface area contributed by atoms with Crippen LogP contribution >= 0.6 is 15.9 Å². The summed E-state index contributed by atoms with van der Waals surface area (Å²) in [6, 6.07) is 8.44. The lowest BCUT2D eigenvalue weighted by Gasteiger charge is -2.08. The van der Waals surface area contributed by atoms with Crippen LogP contribution in [0.3, 0.4) is 0 Å². The zero-order valence-electron chi connectivity index (χ0n) is 12.5. The average Bonchev–Trinajstić information content (AvgIpc) is 3.03. The van der Waals surface area contributed by atoms with Crippen molar-refractivity contribution in [3.63, 3.8) is 0 Å². The van der Waals surface area contributed by atoms with Crippen molar-refractivity contribution in [2.24, 2.45) is 0 Å². The molecule has 8 nitrogen and oxygen atoms in total. The van der Waals surface area contributed by atoms with E-state index in [1.54, 1.807) is 24.4 Å². The van der Waals surface area contributed by atoms with Crippen LogP contribution < -0.4 is 16.0 Å². The van der Waals surface area contributed by atoms with Crippen molar-refractivity contribution >= 4 is 33.6 Å². The van der Waals surface area contributed by atoms with Crippen LogP contribution in [-0.2, 0) is 4.79 Å². The Balaban J connectivity index is 1.66. The Labute approximate surface area is 146 Å². The van der Waals surface area contributed by atoms with Gasteiger partial charge in [0.25, 0.3) is 5.91 Å². The number of amides is 2. The number of furan rings is 1. The molecule has 0 aliphatic heterocycles. The van der Waals surface area contributed by atoms with Gasteiger partial charge in [-0.1, -0.05) is 0 Å². The number of hydrogen-bond donors (Lipinski definition) is 3. The molecule has 0 radical (unpaired) electrons. The van der Waals surface area contributed by atoms with Gasteiger partial charge in [0.05, 0.1) is 12.1 Å². The Morgan fingerprint density at radius 2 is 2.08 bits per heavy atom. The third kappa shape index (κ3) is 5.10. The van der Waals surface area contributed by atoms with Crippen molar-refractivity contribution in [2.75, 3.05) is 25.0 Å². The number of nitrogens with one attached hydrogen (secondary N) is 3. The number of hydrogen-bond acceptors (Lipinski definition) is 6. The number of nitriles is 1. The standard InChI is InChI=1S/C15H14BrN5O3/c16-12-4-3-11(24-12)15(23)21-9-13(22)18-6-7-20-14-10(8-17)2-1-5-19-14/h1-5H,6-7,9H2,(H,18,22)(H,19,20)(H,21,23). The predicted molar refractivity (Wildman–Crippen MR) is 89.2 cm³/mol. The average molecular weight is 392 g/mol. The van der Waals surface area contributed by atoms with E-state index in [9.17, 15) is 9.59 Å². The van der Waals surface area contributed by atoms with Crippen LogP contribution in [0.25, 0.3) is 0 Å². The Kier molecular flexibility index (Phi) is 6.33. The molecular weight excluding hydrogens is 378 g/mol. The maximum atomic E-state index is 11.7. The second kappa shape index (κ2) is 8.69. The molecule has 0 aromatic carbocycles.